The monoisotopic (exact) mass is 312 g/mol. The Balaban J connectivity index is 1.77. The van der Waals surface area contributed by atoms with Crippen LogP contribution in [0.2, 0.25) is 0 Å². The van der Waals surface area contributed by atoms with Crippen molar-refractivity contribution in [2.75, 3.05) is 7.05 Å². The molecule has 0 spiro atoms. The maximum absolute atomic E-state index is 12.5. The van der Waals surface area contributed by atoms with E-state index in [9.17, 15) is 10.0 Å². The minimum atomic E-state index is -0.172. The van der Waals surface area contributed by atoms with Gasteiger partial charge < -0.3 is 10.1 Å². The fourth-order valence-electron chi connectivity index (χ4n) is 2.30. The minimum Gasteiger partial charge on any atom is -0.359 e. The Kier molecular flexibility index (Phi) is 3.92. The number of rotatable bonds is 4. The summed E-state index contributed by atoms with van der Waals surface area (Å²) < 4.78 is 4.50. The summed E-state index contributed by atoms with van der Waals surface area (Å²) >= 11 is 0. The van der Waals surface area contributed by atoms with Crippen LogP contribution in [-0.2, 0) is 13.0 Å². The maximum atomic E-state index is 12.5. The maximum Gasteiger partial charge on any atom is 0.254 e. The highest BCUT2D eigenvalue weighted by Gasteiger charge is 2.17. The van der Waals surface area contributed by atoms with E-state index in [0.29, 0.717) is 28.0 Å². The van der Waals surface area contributed by atoms with Crippen LogP contribution in [0.25, 0.3) is 11.0 Å². The van der Waals surface area contributed by atoms with Crippen LogP contribution in [0.3, 0.4) is 0 Å². The molecule has 0 fully saturated rings. The third-order valence-electron chi connectivity index (χ3n) is 3.67. The summed E-state index contributed by atoms with van der Waals surface area (Å²) in [6, 6.07) is 8.58. The van der Waals surface area contributed by atoms with Gasteiger partial charge in [-0.2, -0.15) is 0 Å². The number of carbonyl (C=O) groups excluding carboxylic acids is 1. The second kappa shape index (κ2) is 6.04. The normalized spacial score (nSPS) is 10.9. The van der Waals surface area contributed by atoms with Gasteiger partial charge in [0.25, 0.3) is 5.91 Å². The molecule has 1 amide bonds. The first-order valence-corrected chi connectivity index (χ1v) is 7.27. The lowest BCUT2D eigenvalue weighted by Crippen LogP contribution is -2.27. The molecule has 23 heavy (non-hydrogen) atoms. The molecule has 0 radical (unpaired) electrons. The van der Waals surface area contributed by atoms with Crippen LogP contribution in [-0.4, -0.2) is 28.0 Å². The molecule has 1 aromatic carbocycles. The standard InChI is InChI=1S/C16H16N4O3/c1-3-11-4-6-13(17-9-11)10-19(2)16(21)12-5-7-15-14(8-12)18-23-20(15)22/h4-9H,3,10H2,1-2H3. The number of aromatic nitrogens is 3. The number of pyridine rings is 1. The number of benzene rings is 1. The number of carbonyl (C=O) groups is 1. The van der Waals surface area contributed by atoms with E-state index < -0.39 is 0 Å². The third kappa shape index (κ3) is 2.98. The van der Waals surface area contributed by atoms with Gasteiger partial charge in [0, 0.05) is 30.0 Å². The average Bonchev–Trinajstić information content (AvgIpc) is 2.95. The zero-order valence-electron chi connectivity index (χ0n) is 12.9. The summed E-state index contributed by atoms with van der Waals surface area (Å²) in [5.41, 5.74) is 3.06. The van der Waals surface area contributed by atoms with Crippen LogP contribution in [0, 0.1) is 5.21 Å². The number of fused-ring (bicyclic) bond motifs is 1. The zero-order valence-corrected chi connectivity index (χ0v) is 12.9. The Labute approximate surface area is 132 Å². The number of nitrogens with zero attached hydrogens (tertiary/aromatic N) is 4. The topological polar surface area (TPSA) is 86.2 Å². The van der Waals surface area contributed by atoms with Gasteiger partial charge in [-0.1, -0.05) is 13.0 Å². The third-order valence-corrected chi connectivity index (χ3v) is 3.67. The number of amides is 1. The molecule has 0 saturated carbocycles. The Morgan fingerprint density at radius 3 is 2.87 bits per heavy atom. The van der Waals surface area contributed by atoms with Crippen molar-refractivity contribution in [2.45, 2.75) is 19.9 Å². The number of aryl methyl sites for hydroxylation is 1. The molecular formula is C16H16N4O3. The quantitative estimate of drug-likeness (QED) is 0.684. The molecule has 0 bridgehead atoms. The molecule has 0 saturated heterocycles. The summed E-state index contributed by atoms with van der Waals surface area (Å²) in [7, 11) is 1.71. The van der Waals surface area contributed by atoms with Gasteiger partial charge >= 0.3 is 0 Å². The number of hydrogen-bond donors (Lipinski definition) is 0. The molecule has 0 atom stereocenters. The molecule has 7 nitrogen and oxygen atoms in total. The van der Waals surface area contributed by atoms with Crippen LogP contribution >= 0.6 is 0 Å². The fraction of sp³-hybridized carbons (Fsp3) is 0.250. The van der Waals surface area contributed by atoms with E-state index >= 15 is 0 Å². The van der Waals surface area contributed by atoms with E-state index in [1.165, 1.54) is 6.07 Å². The van der Waals surface area contributed by atoms with E-state index in [-0.39, 0.29) is 5.91 Å². The molecule has 0 aliphatic heterocycles. The zero-order chi connectivity index (χ0) is 16.4. The van der Waals surface area contributed by atoms with Gasteiger partial charge in [0.2, 0.25) is 11.0 Å². The number of hydrogen-bond acceptors (Lipinski definition) is 5. The Hall–Kier alpha value is -2.96. The van der Waals surface area contributed by atoms with E-state index in [4.69, 9.17) is 0 Å². The minimum absolute atomic E-state index is 0.172. The first-order chi connectivity index (χ1) is 11.1. The Morgan fingerprint density at radius 1 is 1.35 bits per heavy atom. The van der Waals surface area contributed by atoms with Crippen LogP contribution in [0.1, 0.15) is 28.5 Å². The highest BCUT2D eigenvalue weighted by molar-refractivity contribution is 5.96. The van der Waals surface area contributed by atoms with Crippen LogP contribution in [0.5, 0.6) is 0 Å². The van der Waals surface area contributed by atoms with Gasteiger partial charge in [-0.15, -0.1) is 0 Å². The molecule has 2 heterocycles. The van der Waals surface area contributed by atoms with Crippen molar-refractivity contribution in [3.05, 3.63) is 58.6 Å². The van der Waals surface area contributed by atoms with Gasteiger partial charge in [-0.25, -0.2) is 0 Å². The molecule has 3 aromatic rings. The van der Waals surface area contributed by atoms with Crippen LogP contribution in [0.4, 0.5) is 0 Å². The molecule has 0 unspecified atom stereocenters. The second-order valence-corrected chi connectivity index (χ2v) is 5.31. The fourth-order valence-corrected chi connectivity index (χ4v) is 2.30. The predicted octanol–water partition coefficient (Wildman–Crippen LogP) is 1.69. The Morgan fingerprint density at radius 2 is 2.17 bits per heavy atom. The lowest BCUT2D eigenvalue weighted by Gasteiger charge is -2.16. The van der Waals surface area contributed by atoms with Crippen molar-refractivity contribution in [1.29, 1.82) is 0 Å². The van der Waals surface area contributed by atoms with Gasteiger partial charge in [0.05, 0.1) is 12.2 Å². The summed E-state index contributed by atoms with van der Waals surface area (Å²) in [6.07, 6.45) is 2.75. The molecule has 2 aromatic heterocycles. The second-order valence-electron chi connectivity index (χ2n) is 5.31. The van der Waals surface area contributed by atoms with Crippen molar-refractivity contribution < 1.29 is 14.3 Å². The van der Waals surface area contributed by atoms with Crippen LogP contribution < -0.4 is 4.90 Å². The summed E-state index contributed by atoms with van der Waals surface area (Å²) in [5.74, 6) is -0.172. The Bertz CT molecular complexity index is 842. The van der Waals surface area contributed by atoms with E-state index in [1.54, 1.807) is 24.1 Å². The molecule has 118 valence electrons. The molecule has 0 aliphatic carbocycles. The lowest BCUT2D eigenvalue weighted by molar-refractivity contribution is -0.782. The van der Waals surface area contributed by atoms with Crippen LogP contribution in [0.15, 0.2) is 41.2 Å². The molecule has 7 heteroatoms. The molecule has 0 N–H and O–H groups in total. The van der Waals surface area contributed by atoms with E-state index in [1.807, 2.05) is 18.3 Å². The molecule has 0 aliphatic rings. The van der Waals surface area contributed by atoms with Crippen molar-refractivity contribution in [3.63, 3.8) is 0 Å². The summed E-state index contributed by atoms with van der Waals surface area (Å²) in [4.78, 5) is 18.7. The summed E-state index contributed by atoms with van der Waals surface area (Å²) in [6.45, 7) is 2.47. The highest BCUT2D eigenvalue weighted by Crippen LogP contribution is 2.13. The van der Waals surface area contributed by atoms with Gasteiger partial charge in [0.1, 0.15) is 0 Å². The first kappa shape index (κ1) is 15.0. The molecular weight excluding hydrogens is 296 g/mol. The van der Waals surface area contributed by atoms with Crippen molar-refractivity contribution in [3.8, 4) is 0 Å². The van der Waals surface area contributed by atoms with Gasteiger partial charge in [0.15, 0.2) is 0 Å². The average molecular weight is 312 g/mol. The highest BCUT2D eigenvalue weighted by atomic mass is 16.8. The summed E-state index contributed by atoms with van der Waals surface area (Å²) in [5, 5.41) is 14.9. The molecule has 3 rings (SSSR count). The largest absolute Gasteiger partial charge is 0.359 e. The first-order valence-electron chi connectivity index (χ1n) is 7.27. The smallest absolute Gasteiger partial charge is 0.254 e. The lowest BCUT2D eigenvalue weighted by atomic mass is 10.1. The van der Waals surface area contributed by atoms with Gasteiger partial charge in [-0.05, 0) is 35.1 Å². The van der Waals surface area contributed by atoms with E-state index in [2.05, 4.69) is 21.7 Å². The van der Waals surface area contributed by atoms with Crippen molar-refractivity contribution in [1.82, 2.24) is 15.0 Å². The predicted molar refractivity (Wildman–Crippen MR) is 82.4 cm³/mol. The van der Waals surface area contributed by atoms with Gasteiger partial charge in [-0.3, -0.25) is 14.4 Å². The van der Waals surface area contributed by atoms with E-state index in [0.717, 1.165) is 17.7 Å². The van der Waals surface area contributed by atoms with Crippen molar-refractivity contribution in [2.24, 2.45) is 0 Å². The SMILES string of the molecule is CCc1ccc(CN(C)C(=O)c2ccc3c(c2)no[n+]3[O-])nc1. The van der Waals surface area contributed by atoms with Crippen molar-refractivity contribution >= 4 is 16.9 Å².